The van der Waals surface area contributed by atoms with Crippen LogP contribution in [0.15, 0.2) is 28.7 Å². The van der Waals surface area contributed by atoms with E-state index in [1.54, 1.807) is 0 Å². The molecule has 2 radical (unpaired) electrons. The molecule has 1 aromatic rings. The number of halogens is 1. The predicted octanol–water partition coefficient (Wildman–Crippen LogP) is 1.93. The highest BCUT2D eigenvalue weighted by Gasteiger charge is 1.84. The van der Waals surface area contributed by atoms with E-state index in [4.69, 9.17) is 7.85 Å². The summed E-state index contributed by atoms with van der Waals surface area (Å²) in [5, 5.41) is 0. The lowest BCUT2D eigenvalue weighted by molar-refractivity contribution is 1.61. The molecule has 46 valence electrons. The van der Waals surface area contributed by atoms with E-state index in [-0.39, 0.29) is 0 Å². The highest BCUT2D eigenvalue weighted by Crippen LogP contribution is 2.09. The van der Waals surface area contributed by atoms with Gasteiger partial charge in [-0.3, -0.25) is 0 Å². The Kier molecular flexibility index (Phi) is 2.59. The molecule has 0 aliphatic heterocycles. The van der Waals surface area contributed by atoms with E-state index in [1.165, 1.54) is 0 Å². The molecule has 0 bridgehead atoms. The molecule has 0 aromatic heterocycles. The molecule has 1 aromatic carbocycles. The van der Waals surface area contributed by atoms with Crippen LogP contribution in [0.3, 0.4) is 0 Å². The van der Waals surface area contributed by atoms with E-state index in [9.17, 15) is 0 Å². The summed E-state index contributed by atoms with van der Waals surface area (Å²) in [6, 6.07) is 7.67. The van der Waals surface area contributed by atoms with Crippen molar-refractivity contribution in [2.45, 2.75) is 0 Å². The van der Waals surface area contributed by atoms with Crippen LogP contribution in [0.5, 0.6) is 0 Å². The van der Waals surface area contributed by atoms with E-state index < -0.39 is 0 Å². The molecule has 1 rings (SSSR count). The van der Waals surface area contributed by atoms with Gasteiger partial charge in [-0.25, -0.2) is 0 Å². The van der Waals surface area contributed by atoms with Crippen molar-refractivity contribution in [3.8, 4) is 11.7 Å². The van der Waals surface area contributed by atoms with E-state index in [0.29, 0.717) is 0 Å². The first-order valence-electron chi connectivity index (χ1n) is 2.80. The lowest BCUT2D eigenvalue weighted by Gasteiger charge is -1.88. The largest absolute Gasteiger partial charge is 0.188 e. The van der Waals surface area contributed by atoms with Crippen LogP contribution in [0.25, 0.3) is 0 Å². The summed E-state index contributed by atoms with van der Waals surface area (Å²) >= 11 is 3.32. The quantitative estimate of drug-likeness (QED) is 0.434. The van der Waals surface area contributed by atoms with Crippen molar-refractivity contribution in [3.05, 3.63) is 34.3 Å². The molecular weight excluding hydrogens is 187 g/mol. The Morgan fingerprint density at radius 2 is 1.80 bits per heavy atom. The first-order valence-corrected chi connectivity index (χ1v) is 3.59. The molecule has 0 aliphatic carbocycles. The second-order valence-electron chi connectivity index (χ2n) is 1.78. The molecule has 0 N–H and O–H groups in total. The Bertz CT molecular complexity index is 266. The Morgan fingerprint density at radius 1 is 1.20 bits per heavy atom. The maximum Gasteiger partial charge on any atom is 0.188 e. The summed E-state index contributed by atoms with van der Waals surface area (Å²) in [6.45, 7) is 0. The smallest absolute Gasteiger partial charge is 0.167 e. The van der Waals surface area contributed by atoms with Gasteiger partial charge < -0.3 is 0 Å². The minimum atomic E-state index is 0.936. The Labute approximate surface area is 70.2 Å². The second-order valence-corrected chi connectivity index (χ2v) is 2.69. The number of hydrogen-bond donors (Lipinski definition) is 0. The van der Waals surface area contributed by atoms with Crippen LogP contribution in [0.4, 0.5) is 0 Å². The normalized spacial score (nSPS) is 8.10. The predicted molar refractivity (Wildman–Crippen MR) is 46.8 cm³/mol. The average Bonchev–Trinajstić information content (AvgIpc) is 1.95. The molecule has 0 spiro atoms. The lowest BCUT2D eigenvalue weighted by Crippen LogP contribution is -1.71. The molecule has 0 heterocycles. The SMILES string of the molecule is [B]C#Cc1ccc(Br)cc1. The molecule has 0 nitrogen and oxygen atoms in total. The second kappa shape index (κ2) is 3.48. The summed E-state index contributed by atoms with van der Waals surface area (Å²) in [7, 11) is 5.03. The summed E-state index contributed by atoms with van der Waals surface area (Å²) in [6.07, 6.45) is 0. The van der Waals surface area contributed by atoms with E-state index in [1.807, 2.05) is 24.3 Å². The van der Waals surface area contributed by atoms with Gasteiger partial charge in [-0.15, -0.1) is 0 Å². The highest BCUT2D eigenvalue weighted by atomic mass is 79.9. The van der Waals surface area contributed by atoms with Crippen LogP contribution in [0.2, 0.25) is 0 Å². The monoisotopic (exact) mass is 190 g/mol. The molecule has 0 atom stereocenters. The zero-order valence-corrected chi connectivity index (χ0v) is 6.85. The van der Waals surface area contributed by atoms with Gasteiger partial charge in [0, 0.05) is 10.0 Å². The molecule has 10 heavy (non-hydrogen) atoms. The van der Waals surface area contributed by atoms with Gasteiger partial charge in [0.15, 0.2) is 7.85 Å². The molecule has 0 unspecified atom stereocenters. The van der Waals surface area contributed by atoms with Crippen LogP contribution in [-0.2, 0) is 0 Å². The summed E-state index contributed by atoms with van der Waals surface area (Å²) in [5.41, 5.74) is 0.936. The molecule has 2 heteroatoms. The van der Waals surface area contributed by atoms with Crippen LogP contribution in [-0.4, -0.2) is 7.85 Å². The van der Waals surface area contributed by atoms with Gasteiger partial charge in [-0.1, -0.05) is 21.9 Å². The summed E-state index contributed by atoms with van der Waals surface area (Å²) in [5.74, 6) is 5.08. The topological polar surface area (TPSA) is 0 Å². The van der Waals surface area contributed by atoms with Crippen LogP contribution in [0.1, 0.15) is 5.56 Å². The summed E-state index contributed by atoms with van der Waals surface area (Å²) < 4.78 is 1.05. The van der Waals surface area contributed by atoms with E-state index in [0.717, 1.165) is 10.0 Å². The minimum Gasteiger partial charge on any atom is -0.167 e. The average molecular weight is 191 g/mol. The lowest BCUT2D eigenvalue weighted by atomic mass is 10.1. The van der Waals surface area contributed by atoms with Gasteiger partial charge in [0.05, 0.1) is 0 Å². The third kappa shape index (κ3) is 1.93. The minimum absolute atomic E-state index is 0.936. The molecule has 0 amide bonds. The van der Waals surface area contributed by atoms with Crippen molar-refractivity contribution in [3.63, 3.8) is 0 Å². The fourth-order valence-electron chi connectivity index (χ4n) is 0.617. The fraction of sp³-hybridized carbons (Fsp3) is 0. The number of hydrogen-bond acceptors (Lipinski definition) is 0. The number of benzene rings is 1. The first kappa shape index (κ1) is 7.43. The zero-order valence-electron chi connectivity index (χ0n) is 5.26. The van der Waals surface area contributed by atoms with Gasteiger partial charge in [0.2, 0.25) is 0 Å². The van der Waals surface area contributed by atoms with Crippen molar-refractivity contribution in [2.75, 3.05) is 0 Å². The van der Waals surface area contributed by atoms with Crippen molar-refractivity contribution in [1.29, 1.82) is 0 Å². The van der Waals surface area contributed by atoms with E-state index >= 15 is 0 Å². The van der Waals surface area contributed by atoms with Gasteiger partial charge in [0.1, 0.15) is 0 Å². The van der Waals surface area contributed by atoms with Gasteiger partial charge >= 0.3 is 0 Å². The van der Waals surface area contributed by atoms with Crippen LogP contribution >= 0.6 is 15.9 Å². The van der Waals surface area contributed by atoms with Crippen LogP contribution in [0, 0.1) is 11.7 Å². The van der Waals surface area contributed by atoms with Gasteiger partial charge in [-0.05, 0) is 24.3 Å². The van der Waals surface area contributed by atoms with Gasteiger partial charge in [0.25, 0.3) is 0 Å². The Hall–Kier alpha value is -0.675. The van der Waals surface area contributed by atoms with Crippen molar-refractivity contribution in [1.82, 2.24) is 0 Å². The van der Waals surface area contributed by atoms with Gasteiger partial charge in [-0.2, -0.15) is 5.82 Å². The fourth-order valence-corrected chi connectivity index (χ4v) is 0.881. The number of rotatable bonds is 0. The molecule has 0 saturated carbocycles. The Balaban J connectivity index is 2.97. The zero-order chi connectivity index (χ0) is 7.40. The van der Waals surface area contributed by atoms with Crippen molar-refractivity contribution < 1.29 is 0 Å². The molecular formula is C8H4BBr. The first-order chi connectivity index (χ1) is 4.83. The summed E-state index contributed by atoms with van der Waals surface area (Å²) in [4.78, 5) is 0. The Morgan fingerprint density at radius 3 is 2.30 bits per heavy atom. The van der Waals surface area contributed by atoms with Crippen molar-refractivity contribution >= 4 is 23.8 Å². The highest BCUT2D eigenvalue weighted by molar-refractivity contribution is 9.10. The molecule has 0 aliphatic rings. The van der Waals surface area contributed by atoms with Crippen molar-refractivity contribution in [2.24, 2.45) is 0 Å². The standard InChI is InChI=1S/C8H4BBr/c9-6-5-7-1-3-8(10)4-2-7/h1-4H. The molecule has 0 saturated heterocycles. The molecule has 0 fully saturated rings. The maximum absolute atomic E-state index is 5.03. The van der Waals surface area contributed by atoms with E-state index in [2.05, 4.69) is 27.7 Å². The maximum atomic E-state index is 5.03. The van der Waals surface area contributed by atoms with Crippen LogP contribution < -0.4 is 0 Å². The third-order valence-corrected chi connectivity index (χ3v) is 1.59. The third-order valence-electron chi connectivity index (χ3n) is 1.06.